The summed E-state index contributed by atoms with van der Waals surface area (Å²) < 4.78 is 5.37. The fourth-order valence-electron chi connectivity index (χ4n) is 3.35. The maximum absolute atomic E-state index is 12.7. The zero-order valence-electron chi connectivity index (χ0n) is 19.9. The highest BCUT2D eigenvalue weighted by molar-refractivity contribution is 5.97. The smallest absolute Gasteiger partial charge is 0.308 e. The first-order valence-corrected chi connectivity index (χ1v) is 11.4. The number of benzene rings is 3. The number of guanidine groups is 1. The highest BCUT2D eigenvalue weighted by atomic mass is 16.5. The topological polar surface area (TPSA) is 159 Å². The number of nitriles is 1. The van der Waals surface area contributed by atoms with Gasteiger partial charge in [0.05, 0.1) is 24.7 Å². The molecule has 0 fully saturated rings. The van der Waals surface area contributed by atoms with Gasteiger partial charge in [-0.25, -0.2) is 4.99 Å². The number of nitrogens with zero attached hydrogens (tertiary/aromatic N) is 2. The van der Waals surface area contributed by atoms with Gasteiger partial charge in [-0.15, -0.1) is 0 Å². The molecule has 0 bridgehead atoms. The van der Waals surface area contributed by atoms with Gasteiger partial charge in [0.25, 0.3) is 5.91 Å². The van der Waals surface area contributed by atoms with E-state index in [9.17, 15) is 14.4 Å². The Morgan fingerprint density at radius 3 is 2.38 bits per heavy atom. The minimum absolute atomic E-state index is 0.0747. The molecular formula is C27H26N6O4. The molecule has 3 aromatic carbocycles. The van der Waals surface area contributed by atoms with Gasteiger partial charge in [-0.2, -0.15) is 5.26 Å². The Bertz CT molecular complexity index is 1290. The number of rotatable bonds is 10. The van der Waals surface area contributed by atoms with Gasteiger partial charge in [-0.3, -0.25) is 19.7 Å². The van der Waals surface area contributed by atoms with Gasteiger partial charge in [0.1, 0.15) is 6.61 Å². The summed E-state index contributed by atoms with van der Waals surface area (Å²) in [5.74, 6) is -1.56. The molecule has 0 aliphatic rings. The minimum Gasteiger partial charge on any atom is -0.461 e. The van der Waals surface area contributed by atoms with Crippen LogP contribution in [0.25, 0.3) is 0 Å². The van der Waals surface area contributed by atoms with Crippen molar-refractivity contribution in [1.29, 1.82) is 5.26 Å². The molecule has 10 nitrogen and oxygen atoms in total. The van der Waals surface area contributed by atoms with Crippen LogP contribution in [0, 0.1) is 11.5 Å². The van der Waals surface area contributed by atoms with Crippen molar-refractivity contribution in [3.05, 3.63) is 102 Å². The van der Waals surface area contributed by atoms with Crippen molar-refractivity contribution in [3.8, 4) is 6.19 Å². The maximum atomic E-state index is 12.7. The third-order valence-electron chi connectivity index (χ3n) is 5.10. The standard InChI is InChI=1S/C27H26N6O4/c28-18-31-27(29)32-22-13-7-12-21(14-22)26(36)30-16-24(34)33-23(20-10-5-2-6-11-20)15-25(35)37-17-19-8-3-1-4-9-19/h1-14,23H,15-17H2,(H,30,36)(H,33,34)(H3,29,31,32). The summed E-state index contributed by atoms with van der Waals surface area (Å²) in [7, 11) is 0. The quantitative estimate of drug-likeness (QED) is 0.110. The Morgan fingerprint density at radius 2 is 1.68 bits per heavy atom. The molecule has 0 aliphatic heterocycles. The first-order valence-electron chi connectivity index (χ1n) is 11.4. The second-order valence-corrected chi connectivity index (χ2v) is 7.85. The zero-order chi connectivity index (χ0) is 26.5. The first-order chi connectivity index (χ1) is 17.9. The van der Waals surface area contributed by atoms with Crippen molar-refractivity contribution in [1.82, 2.24) is 16.0 Å². The predicted octanol–water partition coefficient (Wildman–Crippen LogP) is 2.42. The van der Waals surface area contributed by atoms with Gasteiger partial charge in [0, 0.05) is 5.56 Å². The molecule has 37 heavy (non-hydrogen) atoms. The lowest BCUT2D eigenvalue weighted by molar-refractivity contribution is -0.145. The summed E-state index contributed by atoms with van der Waals surface area (Å²) >= 11 is 0. The molecule has 2 amide bonds. The molecule has 0 saturated carbocycles. The summed E-state index contributed by atoms with van der Waals surface area (Å²) in [4.78, 5) is 41.7. The van der Waals surface area contributed by atoms with Crippen LogP contribution < -0.4 is 21.7 Å². The summed E-state index contributed by atoms with van der Waals surface area (Å²) in [5.41, 5.74) is 7.75. The van der Waals surface area contributed by atoms with E-state index in [0.29, 0.717) is 5.69 Å². The number of ether oxygens (including phenoxy) is 1. The zero-order valence-corrected chi connectivity index (χ0v) is 19.9. The summed E-state index contributed by atoms with van der Waals surface area (Å²) in [6, 6.07) is 23.9. The third kappa shape index (κ3) is 8.84. The first kappa shape index (κ1) is 26.4. The van der Waals surface area contributed by atoms with Gasteiger partial charge in [0.2, 0.25) is 11.9 Å². The second-order valence-electron chi connectivity index (χ2n) is 7.85. The van der Waals surface area contributed by atoms with E-state index in [-0.39, 0.29) is 31.1 Å². The second kappa shape index (κ2) is 13.7. The summed E-state index contributed by atoms with van der Waals surface area (Å²) in [6.07, 6.45) is 1.58. The van der Waals surface area contributed by atoms with E-state index in [4.69, 9.17) is 15.7 Å². The lowest BCUT2D eigenvalue weighted by atomic mass is 10.0. The average Bonchev–Trinajstić information content (AvgIpc) is 2.91. The molecule has 0 heterocycles. The molecule has 1 unspecified atom stereocenters. The largest absolute Gasteiger partial charge is 0.461 e. The molecule has 0 aliphatic carbocycles. The van der Waals surface area contributed by atoms with E-state index in [1.54, 1.807) is 48.7 Å². The van der Waals surface area contributed by atoms with Gasteiger partial charge >= 0.3 is 5.97 Å². The van der Waals surface area contributed by atoms with Crippen molar-refractivity contribution in [2.24, 2.45) is 10.7 Å². The number of aliphatic imine (C=N–C) groups is 1. The molecule has 0 saturated heterocycles. The van der Waals surface area contributed by atoms with Gasteiger partial charge in [0.15, 0.2) is 6.19 Å². The highest BCUT2D eigenvalue weighted by Gasteiger charge is 2.20. The van der Waals surface area contributed by atoms with E-state index >= 15 is 0 Å². The minimum atomic E-state index is -0.637. The molecule has 0 aromatic heterocycles. The number of hydrogen-bond donors (Lipinski definition) is 4. The normalized spacial score (nSPS) is 11.5. The van der Waals surface area contributed by atoms with E-state index in [1.807, 2.05) is 36.4 Å². The lowest BCUT2D eigenvalue weighted by Crippen LogP contribution is -2.39. The molecule has 0 radical (unpaired) electrons. The lowest BCUT2D eigenvalue weighted by Gasteiger charge is -2.19. The molecule has 3 rings (SSSR count). The van der Waals surface area contributed by atoms with Crippen LogP contribution in [0.3, 0.4) is 0 Å². The molecule has 5 N–H and O–H groups in total. The van der Waals surface area contributed by atoms with Crippen LogP contribution in [-0.4, -0.2) is 30.3 Å². The third-order valence-corrected chi connectivity index (χ3v) is 5.10. The van der Waals surface area contributed by atoms with Gasteiger partial charge in [-0.05, 0) is 29.3 Å². The van der Waals surface area contributed by atoms with E-state index in [1.165, 1.54) is 6.07 Å². The molecule has 188 valence electrons. The summed E-state index contributed by atoms with van der Waals surface area (Å²) in [5, 5.41) is 16.1. The van der Waals surface area contributed by atoms with Gasteiger partial charge in [-0.1, -0.05) is 66.7 Å². The van der Waals surface area contributed by atoms with Crippen LogP contribution >= 0.6 is 0 Å². The van der Waals surface area contributed by atoms with Crippen molar-refractivity contribution in [3.63, 3.8) is 0 Å². The van der Waals surface area contributed by atoms with Crippen LogP contribution in [0.2, 0.25) is 0 Å². The van der Waals surface area contributed by atoms with Crippen LogP contribution in [0.1, 0.15) is 33.9 Å². The molecule has 1 atom stereocenters. The number of amides is 2. The highest BCUT2D eigenvalue weighted by Crippen LogP contribution is 2.18. The van der Waals surface area contributed by atoms with E-state index in [0.717, 1.165) is 11.1 Å². The Balaban J connectivity index is 1.58. The fraction of sp³-hybridized carbons (Fsp3) is 0.148. The number of carbonyl (C=O) groups excluding carboxylic acids is 3. The Kier molecular flexibility index (Phi) is 9.75. The SMILES string of the molecule is N#CNC(N)=Nc1cccc(C(=O)NCC(=O)NC(CC(=O)OCc2ccccc2)c2ccccc2)c1. The number of nitrogens with two attached hydrogens (primary N) is 1. The van der Waals surface area contributed by atoms with Crippen LogP contribution in [-0.2, 0) is 20.9 Å². The van der Waals surface area contributed by atoms with Crippen molar-refractivity contribution >= 4 is 29.4 Å². The predicted molar refractivity (Wildman–Crippen MR) is 137 cm³/mol. The van der Waals surface area contributed by atoms with E-state index < -0.39 is 23.8 Å². The maximum Gasteiger partial charge on any atom is 0.308 e. The Morgan fingerprint density at radius 1 is 0.973 bits per heavy atom. The van der Waals surface area contributed by atoms with Crippen LogP contribution in [0.4, 0.5) is 5.69 Å². The number of carbonyl (C=O) groups is 3. The molecule has 3 aromatic rings. The number of hydrogen-bond acceptors (Lipinski definition) is 6. The van der Waals surface area contributed by atoms with Gasteiger partial charge < -0.3 is 21.1 Å². The molecule has 0 spiro atoms. The monoisotopic (exact) mass is 498 g/mol. The summed E-state index contributed by atoms with van der Waals surface area (Å²) in [6.45, 7) is -0.181. The Labute approximate surface area is 214 Å². The van der Waals surface area contributed by atoms with Crippen molar-refractivity contribution in [2.45, 2.75) is 19.1 Å². The fourth-order valence-corrected chi connectivity index (χ4v) is 3.35. The number of nitrogens with one attached hydrogen (secondary N) is 3. The number of esters is 1. The van der Waals surface area contributed by atoms with Crippen LogP contribution in [0.5, 0.6) is 0 Å². The molecule has 10 heteroatoms. The molecular weight excluding hydrogens is 472 g/mol. The van der Waals surface area contributed by atoms with Crippen molar-refractivity contribution in [2.75, 3.05) is 6.54 Å². The average molecular weight is 499 g/mol. The Hall–Kier alpha value is -5.17. The van der Waals surface area contributed by atoms with Crippen molar-refractivity contribution < 1.29 is 19.1 Å². The van der Waals surface area contributed by atoms with Crippen LogP contribution in [0.15, 0.2) is 89.9 Å². The van der Waals surface area contributed by atoms with E-state index in [2.05, 4.69) is 20.9 Å².